The van der Waals surface area contributed by atoms with E-state index in [2.05, 4.69) is 12.2 Å². The van der Waals surface area contributed by atoms with Crippen LogP contribution in [-0.2, 0) is 12.2 Å². The molecule has 0 aliphatic rings. The molecule has 2 aromatic carbocycles. The van der Waals surface area contributed by atoms with Crippen LogP contribution in [0.25, 0.3) is 0 Å². The average molecular weight is 418 g/mol. The van der Waals surface area contributed by atoms with Crippen molar-refractivity contribution in [2.24, 2.45) is 0 Å². The normalized spacial score (nSPS) is 10.6. The SMILES string of the molecule is CCCCCOc1c(OC)ccc(C(=O)NCCc2ccc(O)cc2)c1CSC. The molecule has 1 amide bonds. The molecule has 0 heterocycles. The van der Waals surface area contributed by atoms with E-state index in [9.17, 15) is 9.90 Å². The van der Waals surface area contributed by atoms with Gasteiger partial charge in [-0.25, -0.2) is 0 Å². The lowest BCUT2D eigenvalue weighted by Gasteiger charge is -2.18. The van der Waals surface area contributed by atoms with Gasteiger partial charge in [-0.2, -0.15) is 11.8 Å². The average Bonchev–Trinajstić information content (AvgIpc) is 2.73. The van der Waals surface area contributed by atoms with Gasteiger partial charge in [-0.3, -0.25) is 4.79 Å². The highest BCUT2D eigenvalue weighted by Crippen LogP contribution is 2.36. The Hall–Kier alpha value is -2.34. The quantitative estimate of drug-likeness (QED) is 0.485. The molecule has 0 aliphatic heterocycles. The lowest BCUT2D eigenvalue weighted by Crippen LogP contribution is -2.27. The molecule has 0 saturated carbocycles. The smallest absolute Gasteiger partial charge is 0.251 e. The van der Waals surface area contributed by atoms with Crippen molar-refractivity contribution in [2.45, 2.75) is 38.4 Å². The van der Waals surface area contributed by atoms with E-state index in [1.165, 1.54) is 0 Å². The van der Waals surface area contributed by atoms with Crippen molar-refractivity contribution in [3.05, 3.63) is 53.1 Å². The van der Waals surface area contributed by atoms with E-state index < -0.39 is 0 Å². The Morgan fingerprint density at radius 3 is 2.55 bits per heavy atom. The highest BCUT2D eigenvalue weighted by atomic mass is 32.2. The van der Waals surface area contributed by atoms with Gasteiger partial charge in [0, 0.05) is 23.4 Å². The molecule has 158 valence electrons. The van der Waals surface area contributed by atoms with Gasteiger partial charge >= 0.3 is 0 Å². The summed E-state index contributed by atoms with van der Waals surface area (Å²) in [7, 11) is 1.62. The van der Waals surface area contributed by atoms with E-state index in [-0.39, 0.29) is 11.7 Å². The number of amides is 1. The summed E-state index contributed by atoms with van der Waals surface area (Å²) < 4.78 is 11.5. The largest absolute Gasteiger partial charge is 0.508 e. The lowest BCUT2D eigenvalue weighted by atomic mass is 10.1. The maximum atomic E-state index is 12.9. The molecule has 6 heteroatoms. The predicted octanol–water partition coefficient (Wildman–Crippen LogP) is 4.81. The van der Waals surface area contributed by atoms with Crippen molar-refractivity contribution in [2.75, 3.05) is 26.5 Å². The van der Waals surface area contributed by atoms with Crippen LogP contribution in [0.4, 0.5) is 0 Å². The molecule has 0 atom stereocenters. The Labute approximate surface area is 177 Å². The number of benzene rings is 2. The summed E-state index contributed by atoms with van der Waals surface area (Å²) in [5.74, 6) is 2.12. The fraction of sp³-hybridized carbons (Fsp3) is 0.435. The zero-order chi connectivity index (χ0) is 21.1. The Morgan fingerprint density at radius 1 is 1.14 bits per heavy atom. The molecule has 0 spiro atoms. The number of nitrogens with one attached hydrogen (secondary N) is 1. The topological polar surface area (TPSA) is 67.8 Å². The number of rotatable bonds is 12. The second kappa shape index (κ2) is 12.3. The third-order valence-corrected chi connectivity index (χ3v) is 5.18. The first kappa shape index (κ1) is 22.9. The minimum atomic E-state index is -0.117. The number of methoxy groups -OCH3 is 1. The minimum Gasteiger partial charge on any atom is -0.508 e. The molecule has 0 aliphatic carbocycles. The lowest BCUT2D eigenvalue weighted by molar-refractivity contribution is 0.0952. The van der Waals surface area contributed by atoms with Crippen molar-refractivity contribution in [1.29, 1.82) is 0 Å². The minimum absolute atomic E-state index is 0.117. The maximum Gasteiger partial charge on any atom is 0.251 e. The van der Waals surface area contributed by atoms with Crippen LogP contribution in [0.15, 0.2) is 36.4 Å². The fourth-order valence-electron chi connectivity index (χ4n) is 3.03. The number of hydrogen-bond donors (Lipinski definition) is 2. The number of ether oxygens (including phenoxy) is 2. The van der Waals surface area contributed by atoms with Crippen LogP contribution in [0.5, 0.6) is 17.2 Å². The highest BCUT2D eigenvalue weighted by Gasteiger charge is 2.19. The van der Waals surface area contributed by atoms with Crippen LogP contribution in [-0.4, -0.2) is 37.5 Å². The maximum absolute atomic E-state index is 12.9. The standard InChI is InChI=1S/C23H31NO4S/c1-4-5-6-15-28-22-20(16-29-3)19(11-12-21(22)27-2)23(26)24-14-13-17-7-9-18(25)10-8-17/h7-12,25H,4-6,13-16H2,1-3H3,(H,24,26). The second-order valence-electron chi connectivity index (χ2n) is 6.78. The summed E-state index contributed by atoms with van der Waals surface area (Å²) >= 11 is 1.65. The van der Waals surface area contributed by atoms with Gasteiger partial charge in [-0.1, -0.05) is 31.9 Å². The molecule has 0 aromatic heterocycles. The van der Waals surface area contributed by atoms with E-state index in [0.717, 1.165) is 30.4 Å². The van der Waals surface area contributed by atoms with Crippen LogP contribution >= 0.6 is 11.8 Å². The third-order valence-electron chi connectivity index (χ3n) is 4.61. The van der Waals surface area contributed by atoms with Gasteiger partial charge < -0.3 is 19.9 Å². The van der Waals surface area contributed by atoms with E-state index in [4.69, 9.17) is 9.47 Å². The number of thioether (sulfide) groups is 1. The zero-order valence-corrected chi connectivity index (χ0v) is 18.3. The first-order valence-corrected chi connectivity index (χ1v) is 11.4. The van der Waals surface area contributed by atoms with E-state index in [0.29, 0.717) is 42.4 Å². The molecule has 2 rings (SSSR count). The summed E-state index contributed by atoms with van der Waals surface area (Å²) in [6.45, 7) is 3.28. The van der Waals surface area contributed by atoms with Crippen molar-refractivity contribution >= 4 is 17.7 Å². The number of phenols is 1. The summed E-state index contributed by atoms with van der Waals surface area (Å²) in [6.07, 6.45) is 5.91. The summed E-state index contributed by atoms with van der Waals surface area (Å²) in [4.78, 5) is 12.9. The van der Waals surface area contributed by atoms with E-state index in [1.807, 2.05) is 18.4 Å². The molecule has 5 nitrogen and oxygen atoms in total. The van der Waals surface area contributed by atoms with Crippen molar-refractivity contribution in [3.63, 3.8) is 0 Å². The Bertz CT molecular complexity index is 777. The summed E-state index contributed by atoms with van der Waals surface area (Å²) in [5, 5.41) is 12.4. The van der Waals surface area contributed by atoms with Crippen LogP contribution in [0, 0.1) is 0 Å². The molecule has 0 unspecified atom stereocenters. The molecule has 0 saturated heterocycles. The van der Waals surface area contributed by atoms with E-state index >= 15 is 0 Å². The monoisotopic (exact) mass is 417 g/mol. The molecular formula is C23H31NO4S. The van der Waals surface area contributed by atoms with Crippen molar-refractivity contribution < 1.29 is 19.4 Å². The molecule has 2 N–H and O–H groups in total. The molecule has 29 heavy (non-hydrogen) atoms. The Morgan fingerprint density at radius 2 is 1.90 bits per heavy atom. The first-order chi connectivity index (χ1) is 14.1. The number of carbonyl (C=O) groups excluding carboxylic acids is 1. The van der Waals surface area contributed by atoms with Crippen molar-refractivity contribution in [1.82, 2.24) is 5.32 Å². The summed E-state index contributed by atoms with van der Waals surface area (Å²) in [6, 6.07) is 10.6. The zero-order valence-electron chi connectivity index (χ0n) is 17.5. The Kier molecular flexibility index (Phi) is 9.71. The third kappa shape index (κ3) is 6.89. The molecule has 0 radical (unpaired) electrons. The van der Waals surface area contributed by atoms with Gasteiger partial charge in [0.2, 0.25) is 0 Å². The molecular weight excluding hydrogens is 386 g/mol. The van der Waals surface area contributed by atoms with Gasteiger partial charge in [0.25, 0.3) is 5.91 Å². The van der Waals surface area contributed by atoms with Gasteiger partial charge in [0.05, 0.1) is 13.7 Å². The van der Waals surface area contributed by atoms with Gasteiger partial charge in [0.15, 0.2) is 11.5 Å². The van der Waals surface area contributed by atoms with Crippen molar-refractivity contribution in [3.8, 4) is 17.2 Å². The number of unbranched alkanes of at least 4 members (excludes halogenated alkanes) is 2. The number of aromatic hydroxyl groups is 1. The highest BCUT2D eigenvalue weighted by molar-refractivity contribution is 7.97. The van der Waals surface area contributed by atoms with Gasteiger partial charge in [-0.15, -0.1) is 0 Å². The van der Waals surface area contributed by atoms with E-state index in [1.54, 1.807) is 43.1 Å². The molecule has 0 bridgehead atoms. The number of phenolic OH excluding ortho intramolecular Hbond substituents is 1. The predicted molar refractivity (Wildman–Crippen MR) is 119 cm³/mol. The van der Waals surface area contributed by atoms with Crippen LogP contribution in [0.3, 0.4) is 0 Å². The van der Waals surface area contributed by atoms with Gasteiger partial charge in [-0.05, 0) is 48.9 Å². The van der Waals surface area contributed by atoms with Crippen LogP contribution < -0.4 is 14.8 Å². The van der Waals surface area contributed by atoms with Gasteiger partial charge in [0.1, 0.15) is 5.75 Å². The van der Waals surface area contributed by atoms with Crippen LogP contribution in [0.1, 0.15) is 47.7 Å². The fourth-order valence-corrected chi connectivity index (χ4v) is 3.61. The number of carbonyl (C=O) groups is 1. The molecule has 2 aromatic rings. The van der Waals surface area contributed by atoms with Crippen LogP contribution in [0.2, 0.25) is 0 Å². The summed E-state index contributed by atoms with van der Waals surface area (Å²) in [5.41, 5.74) is 2.55. The number of hydrogen-bond acceptors (Lipinski definition) is 5. The first-order valence-electron chi connectivity index (χ1n) is 9.98. The second-order valence-corrected chi connectivity index (χ2v) is 7.65. The molecule has 0 fully saturated rings. The Balaban J connectivity index is 2.11.